The van der Waals surface area contributed by atoms with E-state index in [0.29, 0.717) is 32.1 Å². The fraction of sp³-hybridized carbons (Fsp3) is 0.831. The van der Waals surface area contributed by atoms with E-state index < -0.39 is 199 Å². The van der Waals surface area contributed by atoms with Crippen LogP contribution >= 0.6 is 0 Å². The van der Waals surface area contributed by atoms with Crippen LogP contribution in [-0.4, -0.2) is 269 Å². The maximum atomic E-state index is 15.5. The molecule has 3 aliphatic heterocycles. The Hall–Kier alpha value is -6.71. The number of halogens is 5. The van der Waals surface area contributed by atoms with Crippen molar-refractivity contribution in [2.45, 2.75) is 267 Å². The monoisotopic (exact) mass is 1420 g/mol. The topological polar surface area (TPSA) is 270 Å². The number of fused-ring (bicyclic) bond motifs is 2. The van der Waals surface area contributed by atoms with E-state index >= 15 is 28.0 Å². The summed E-state index contributed by atoms with van der Waals surface area (Å²) in [6.07, 6.45) is -3.65. The first-order valence-corrected chi connectivity index (χ1v) is 36.6. The van der Waals surface area contributed by atoms with Crippen molar-refractivity contribution in [1.82, 2.24) is 60.0 Å². The van der Waals surface area contributed by atoms with Crippen molar-refractivity contribution in [2.75, 3.05) is 76.0 Å². The van der Waals surface area contributed by atoms with Gasteiger partial charge in [-0.2, -0.15) is 13.2 Å². The molecule has 2 unspecified atom stereocenters. The van der Waals surface area contributed by atoms with Gasteiger partial charge in [-0.05, 0) is 120 Å². The first-order chi connectivity index (χ1) is 47.0. The summed E-state index contributed by atoms with van der Waals surface area (Å²) >= 11 is 0. The summed E-state index contributed by atoms with van der Waals surface area (Å²) in [6.45, 7) is 8.20. The summed E-state index contributed by atoms with van der Waals surface area (Å²) < 4.78 is 72.2. The first kappa shape index (κ1) is 80.6. The molecule has 4 saturated carbocycles. The van der Waals surface area contributed by atoms with Gasteiger partial charge in [-0.3, -0.25) is 57.5 Å². The fourth-order valence-electron chi connectivity index (χ4n) is 16.6. The van der Waals surface area contributed by atoms with Gasteiger partial charge in [0.15, 0.2) is 0 Å². The van der Waals surface area contributed by atoms with Crippen LogP contribution in [0.5, 0.6) is 0 Å². The molecule has 0 radical (unpaired) electrons. The molecule has 24 nitrogen and oxygen atoms in total. The predicted octanol–water partition coefficient (Wildman–Crippen LogP) is 5.38. The zero-order chi connectivity index (χ0) is 74.2. The highest BCUT2D eigenvalue weighted by molar-refractivity contribution is 6.01. The number of carbonyl (C=O) groups is 12. The van der Waals surface area contributed by atoms with E-state index in [1.807, 2.05) is 20.8 Å². The second-order valence-electron chi connectivity index (χ2n) is 30.8. The van der Waals surface area contributed by atoms with Crippen molar-refractivity contribution >= 4 is 70.9 Å². The Bertz CT molecular complexity index is 2950. The molecule has 3 heterocycles. The third-order valence-corrected chi connectivity index (χ3v) is 23.2. The normalized spacial score (nSPS) is 31.7. The molecule has 7 fully saturated rings. The van der Waals surface area contributed by atoms with Crippen molar-refractivity contribution in [2.24, 2.45) is 35.5 Å². The molecule has 1 spiro atoms. The molecule has 0 aromatic heterocycles. The minimum atomic E-state index is -5.15. The Morgan fingerprint density at radius 3 is 1.77 bits per heavy atom. The number of amides is 12. The van der Waals surface area contributed by atoms with Crippen molar-refractivity contribution < 1.29 is 79.5 Å². The lowest BCUT2D eigenvalue weighted by atomic mass is 9.76. The molecule has 0 aromatic rings. The van der Waals surface area contributed by atoms with Crippen LogP contribution in [0, 0.1) is 35.5 Å². The highest BCUT2D eigenvalue weighted by Gasteiger charge is 2.55. The minimum Gasteiger partial charge on any atom is -0.347 e. The van der Waals surface area contributed by atoms with Crippen LogP contribution in [0.1, 0.15) is 189 Å². The summed E-state index contributed by atoms with van der Waals surface area (Å²) in [5.41, 5.74) is -1.61. The summed E-state index contributed by atoms with van der Waals surface area (Å²) in [7, 11) is 11.4. The number of rotatable bonds is 11. The molecule has 4 aliphatic carbocycles. The van der Waals surface area contributed by atoms with Crippen molar-refractivity contribution in [3.63, 3.8) is 0 Å². The Kier molecular flexibility index (Phi) is 27.8. The van der Waals surface area contributed by atoms with Crippen LogP contribution in [0.3, 0.4) is 0 Å². The van der Waals surface area contributed by atoms with E-state index in [4.69, 9.17) is 0 Å². The van der Waals surface area contributed by atoms with Gasteiger partial charge in [0.05, 0.1) is 13.0 Å². The average Bonchev–Trinajstić information content (AvgIpc) is 1.53. The van der Waals surface area contributed by atoms with E-state index in [9.17, 15) is 51.5 Å². The van der Waals surface area contributed by atoms with Gasteiger partial charge in [0.25, 0.3) is 0 Å². The van der Waals surface area contributed by atoms with Crippen LogP contribution in [0.15, 0.2) is 0 Å². The lowest BCUT2D eigenvalue weighted by molar-refractivity contribution is -0.219. The number of nitrogens with zero attached hydrogens (tertiary/aromatic N) is 9. The van der Waals surface area contributed by atoms with Crippen molar-refractivity contribution in [1.29, 1.82) is 0 Å². The Labute approximate surface area is 586 Å². The van der Waals surface area contributed by atoms with E-state index in [0.717, 1.165) is 54.7 Å². The van der Waals surface area contributed by atoms with E-state index in [1.54, 1.807) is 6.92 Å². The summed E-state index contributed by atoms with van der Waals surface area (Å²) in [5.74, 6) is -13.1. The van der Waals surface area contributed by atoms with E-state index in [-0.39, 0.29) is 82.7 Å². The van der Waals surface area contributed by atoms with Gasteiger partial charge in [-0.25, -0.2) is 8.78 Å². The molecule has 3 N–H and O–H groups in total. The molecule has 7 rings (SSSR count). The highest BCUT2D eigenvalue weighted by atomic mass is 19.4. The summed E-state index contributed by atoms with van der Waals surface area (Å²) in [6, 6.07) is -11.3. The van der Waals surface area contributed by atoms with Gasteiger partial charge in [0, 0.05) is 69.5 Å². The van der Waals surface area contributed by atoms with Crippen molar-refractivity contribution in [3.8, 4) is 0 Å². The largest absolute Gasteiger partial charge is 0.397 e. The van der Waals surface area contributed by atoms with Gasteiger partial charge >= 0.3 is 6.18 Å². The van der Waals surface area contributed by atoms with Gasteiger partial charge in [-0.15, -0.1) is 0 Å². The van der Waals surface area contributed by atoms with Gasteiger partial charge < -0.3 is 60.0 Å². The Morgan fingerprint density at radius 1 is 0.610 bits per heavy atom. The maximum absolute atomic E-state index is 15.5. The summed E-state index contributed by atoms with van der Waals surface area (Å²) in [5, 5.41) is 8.62. The lowest BCUT2D eigenvalue weighted by Crippen LogP contribution is -2.65. The standard InChI is InChI=1S/C71H113F5N12O12/c1-14-42(4)58-67(98)82(9)43(5)62(93)88-34-30-51(88)66(97)84(11)53(38-44-23-16-15-17-24-44)65(96)81(8)40-55(89)77-49(29-28-45-36-47(72)57(48(73)37-45)71(74,75)76)63(94)87-33-22-27-50(87)61(92)79-70(31-20-21-32-70)69(100)86(13)59(46-25-18-19-26-46)68(99)85(12)54(64(95)80(6)7)39-56(90)83(10)52(35-41(2)3)60(91)78-58/h41-54,57-59H,14-40H2,1-13H3,(H,77,89)(H,78,91)(H,79,92)/t42-,43-,45?,47?,48?,49-,50-,51-,52-,53-,54-,57?,58-,59-/m0/s1. The molecular weight excluding hydrogens is 1310 g/mol. The van der Waals surface area contributed by atoms with Crippen LogP contribution < -0.4 is 16.0 Å². The molecular formula is C71H113F5N12O12. The van der Waals surface area contributed by atoms with Crippen LogP contribution in [-0.2, 0) is 57.5 Å². The molecule has 7 aliphatic rings. The third kappa shape index (κ3) is 18.6. The number of hydrogen-bond donors (Lipinski definition) is 3. The quantitative estimate of drug-likeness (QED) is 0.220. The molecule has 3 saturated heterocycles. The smallest absolute Gasteiger partial charge is 0.347 e. The lowest BCUT2D eigenvalue weighted by Gasteiger charge is -2.45. The number of likely N-dealkylation sites (N-methyl/N-ethyl adjacent to an activating group) is 7. The fourth-order valence-corrected chi connectivity index (χ4v) is 16.6. The van der Waals surface area contributed by atoms with E-state index in [2.05, 4.69) is 16.0 Å². The van der Waals surface area contributed by atoms with Gasteiger partial charge in [0.2, 0.25) is 70.9 Å². The van der Waals surface area contributed by atoms with Crippen LogP contribution in [0.2, 0.25) is 0 Å². The third-order valence-electron chi connectivity index (χ3n) is 23.2. The van der Waals surface area contributed by atoms with E-state index in [1.165, 1.54) is 97.6 Å². The number of carbonyl (C=O) groups excluding carboxylic acids is 12. The Morgan fingerprint density at radius 2 is 1.21 bits per heavy atom. The zero-order valence-corrected chi connectivity index (χ0v) is 61.2. The van der Waals surface area contributed by atoms with Gasteiger partial charge in [-0.1, -0.05) is 91.9 Å². The Balaban J connectivity index is 1.28. The zero-order valence-electron chi connectivity index (χ0n) is 61.2. The molecule has 0 bridgehead atoms. The molecule has 29 heteroatoms. The number of hydrogen-bond acceptors (Lipinski definition) is 12. The minimum absolute atomic E-state index is 0.00861. The van der Waals surface area contributed by atoms with Crippen LogP contribution in [0.4, 0.5) is 22.0 Å². The number of alkyl halides is 5. The molecule has 12 atom stereocenters. The first-order valence-electron chi connectivity index (χ1n) is 36.6. The number of nitrogens with one attached hydrogen (secondary N) is 3. The van der Waals surface area contributed by atoms with Crippen molar-refractivity contribution in [3.05, 3.63) is 0 Å². The summed E-state index contributed by atoms with van der Waals surface area (Å²) in [4.78, 5) is 190. The predicted molar refractivity (Wildman–Crippen MR) is 361 cm³/mol. The second-order valence-corrected chi connectivity index (χ2v) is 30.8. The SMILES string of the molecule is CC[C@H](C)[C@@H]1NC(=O)[C@H](CC(C)C)N(C)C(=O)C[C@@H](C(=O)N(C)C)N(C)C(=O)[C@H](C2CCCC2)N(C)C(=O)C2(CCCC2)NC(=O)[C@@H]2CCCN2C(=O)[C@H](CCC2CC(F)C(C(F)(F)F)C(F)C2)NC(=O)CN(C)C(=O)[C@H](CC2CCCCC2)N(C)C(=O)[C@@H]2CCN2C(=O)[C@H](C)N(C)C1=O. The average molecular weight is 1420 g/mol. The maximum Gasteiger partial charge on any atom is 0.397 e. The van der Waals surface area contributed by atoms with Crippen LogP contribution in [0.25, 0.3) is 0 Å². The molecule has 0 aromatic carbocycles. The molecule has 12 amide bonds. The van der Waals surface area contributed by atoms with Gasteiger partial charge in [0.1, 0.15) is 78.2 Å². The second kappa shape index (κ2) is 34.5. The molecule has 564 valence electrons. The highest BCUT2D eigenvalue weighted by Crippen LogP contribution is 2.45. The molecule has 100 heavy (non-hydrogen) atoms.